The molecule has 2 fully saturated rings. The molecule has 2 aliphatic heterocycles. The van der Waals surface area contributed by atoms with E-state index in [0.717, 1.165) is 71.5 Å². The first-order chi connectivity index (χ1) is 17.7. The monoisotopic (exact) mass is 487 g/mol. The fourth-order valence-corrected chi connectivity index (χ4v) is 5.29. The fourth-order valence-electron chi connectivity index (χ4n) is 5.29. The van der Waals surface area contributed by atoms with Crippen LogP contribution in [0.2, 0.25) is 0 Å². The Labute approximate surface area is 209 Å². The van der Waals surface area contributed by atoms with Crippen LogP contribution in [0.3, 0.4) is 0 Å². The molecule has 9 nitrogen and oxygen atoms in total. The van der Waals surface area contributed by atoms with E-state index in [2.05, 4.69) is 25.9 Å². The number of hydrogen-bond acceptors (Lipinski definition) is 8. The zero-order chi connectivity index (χ0) is 24.5. The highest BCUT2D eigenvalue weighted by Crippen LogP contribution is 2.32. The summed E-state index contributed by atoms with van der Waals surface area (Å²) in [5, 5.41) is 2.15. The molecule has 6 rings (SSSR count). The van der Waals surface area contributed by atoms with Gasteiger partial charge in [0.25, 0.3) is 0 Å². The third kappa shape index (κ3) is 4.19. The van der Waals surface area contributed by atoms with Crippen LogP contribution in [0.25, 0.3) is 21.9 Å². The van der Waals surface area contributed by atoms with E-state index in [1.54, 1.807) is 19.8 Å². The zero-order valence-corrected chi connectivity index (χ0v) is 20.3. The second-order valence-corrected chi connectivity index (χ2v) is 9.39. The number of carbonyl (C=O) groups is 1. The summed E-state index contributed by atoms with van der Waals surface area (Å²) in [5.41, 5.74) is 1.58. The predicted octanol–water partition coefficient (Wildman–Crippen LogP) is 3.99. The number of methoxy groups -OCH3 is 1. The van der Waals surface area contributed by atoms with Crippen molar-refractivity contribution in [3.8, 4) is 11.5 Å². The van der Waals surface area contributed by atoms with Crippen LogP contribution in [0.1, 0.15) is 25.7 Å². The van der Waals surface area contributed by atoms with Crippen molar-refractivity contribution in [3.05, 3.63) is 49.1 Å². The van der Waals surface area contributed by atoms with Crippen LogP contribution in [0, 0.1) is 5.92 Å². The quantitative estimate of drug-likeness (QED) is 0.345. The standard InChI is InChI=1S/C27H29N5O4/c1-34-21-8-7-18-4-2-6-23(22(18)14-21)36-15-20-5-3-11-32(20)26-24-25(28-16-29-26)31(17-30-24)12-9-19-10-13-35-27(19)33/h2,4,6-8,14,16-17,19-20H,3,5,9-13,15H2,1H3. The summed E-state index contributed by atoms with van der Waals surface area (Å²) in [7, 11) is 1.67. The molecule has 0 spiro atoms. The van der Waals surface area contributed by atoms with Crippen molar-refractivity contribution in [2.45, 2.75) is 38.3 Å². The van der Waals surface area contributed by atoms with Gasteiger partial charge in [-0.15, -0.1) is 0 Å². The zero-order valence-electron chi connectivity index (χ0n) is 20.3. The van der Waals surface area contributed by atoms with Crippen LogP contribution in [0.5, 0.6) is 11.5 Å². The van der Waals surface area contributed by atoms with Gasteiger partial charge in [-0.2, -0.15) is 0 Å². The number of ether oxygens (including phenoxy) is 3. The molecule has 2 saturated heterocycles. The molecule has 0 N–H and O–H groups in total. The first-order valence-electron chi connectivity index (χ1n) is 12.5. The molecular formula is C27H29N5O4. The van der Waals surface area contributed by atoms with Crippen LogP contribution in [0.15, 0.2) is 49.1 Å². The Kier molecular flexibility index (Phi) is 6.04. The number of carbonyl (C=O) groups excluding carboxylic acids is 1. The van der Waals surface area contributed by atoms with Crippen LogP contribution in [-0.4, -0.2) is 58.4 Å². The van der Waals surface area contributed by atoms with Crippen LogP contribution >= 0.6 is 0 Å². The number of cyclic esters (lactones) is 1. The lowest BCUT2D eigenvalue weighted by Crippen LogP contribution is -2.35. The Hall–Kier alpha value is -3.88. The topological polar surface area (TPSA) is 91.6 Å². The first kappa shape index (κ1) is 22.6. The Balaban J connectivity index is 1.20. The summed E-state index contributed by atoms with van der Waals surface area (Å²) >= 11 is 0. The number of benzene rings is 2. The van der Waals surface area contributed by atoms with E-state index in [-0.39, 0.29) is 17.9 Å². The lowest BCUT2D eigenvalue weighted by Gasteiger charge is -2.26. The highest BCUT2D eigenvalue weighted by Gasteiger charge is 2.30. The highest BCUT2D eigenvalue weighted by atomic mass is 16.5. The van der Waals surface area contributed by atoms with Crippen molar-refractivity contribution in [2.24, 2.45) is 5.92 Å². The van der Waals surface area contributed by atoms with Gasteiger partial charge in [0, 0.05) is 18.5 Å². The van der Waals surface area contributed by atoms with Gasteiger partial charge in [-0.1, -0.05) is 18.2 Å². The molecule has 2 atom stereocenters. The minimum absolute atomic E-state index is 0.0436. The van der Waals surface area contributed by atoms with Crippen molar-refractivity contribution in [1.29, 1.82) is 0 Å². The third-order valence-corrected chi connectivity index (χ3v) is 7.27. The maximum Gasteiger partial charge on any atom is 0.309 e. The number of rotatable bonds is 8. The second-order valence-electron chi connectivity index (χ2n) is 9.39. The molecule has 0 bridgehead atoms. The number of esters is 1. The Morgan fingerprint density at radius 3 is 2.94 bits per heavy atom. The molecule has 2 aliphatic rings. The maximum absolute atomic E-state index is 11.8. The van der Waals surface area contributed by atoms with Gasteiger partial charge in [0.15, 0.2) is 17.0 Å². The summed E-state index contributed by atoms with van der Waals surface area (Å²) in [6.07, 6.45) is 6.99. The molecule has 36 heavy (non-hydrogen) atoms. The summed E-state index contributed by atoms with van der Waals surface area (Å²) in [6, 6.07) is 12.3. The van der Waals surface area contributed by atoms with Crippen molar-refractivity contribution < 1.29 is 19.0 Å². The molecule has 2 aromatic heterocycles. The van der Waals surface area contributed by atoms with Gasteiger partial charge in [0.05, 0.1) is 32.0 Å². The van der Waals surface area contributed by atoms with Crippen molar-refractivity contribution in [1.82, 2.24) is 19.5 Å². The number of aromatic nitrogens is 4. The van der Waals surface area contributed by atoms with Crippen molar-refractivity contribution in [3.63, 3.8) is 0 Å². The number of anilines is 1. The molecule has 4 heterocycles. The van der Waals surface area contributed by atoms with E-state index < -0.39 is 0 Å². The predicted molar refractivity (Wildman–Crippen MR) is 135 cm³/mol. The largest absolute Gasteiger partial charge is 0.497 e. The average Bonchev–Trinajstić information content (AvgIpc) is 3.65. The van der Waals surface area contributed by atoms with Gasteiger partial charge in [-0.25, -0.2) is 15.0 Å². The average molecular weight is 488 g/mol. The molecule has 0 amide bonds. The number of nitrogens with zero attached hydrogens (tertiary/aromatic N) is 5. The fraction of sp³-hybridized carbons (Fsp3) is 0.407. The third-order valence-electron chi connectivity index (χ3n) is 7.27. The maximum atomic E-state index is 11.8. The smallest absolute Gasteiger partial charge is 0.309 e. The molecule has 186 valence electrons. The molecule has 9 heteroatoms. The summed E-state index contributed by atoms with van der Waals surface area (Å²) in [4.78, 5) is 27.9. The lowest BCUT2D eigenvalue weighted by atomic mass is 10.0. The number of imidazole rings is 1. The highest BCUT2D eigenvalue weighted by molar-refractivity contribution is 5.89. The number of aryl methyl sites for hydroxylation is 1. The molecule has 2 unspecified atom stereocenters. The van der Waals surface area contributed by atoms with Crippen LogP contribution in [-0.2, 0) is 16.1 Å². The van der Waals surface area contributed by atoms with Crippen LogP contribution < -0.4 is 14.4 Å². The van der Waals surface area contributed by atoms with Gasteiger partial charge in [0.1, 0.15) is 24.4 Å². The Morgan fingerprint density at radius 2 is 2.08 bits per heavy atom. The molecule has 4 aromatic rings. The summed E-state index contributed by atoms with van der Waals surface area (Å²) < 4.78 is 18.9. The molecule has 0 radical (unpaired) electrons. The van der Waals surface area contributed by atoms with E-state index in [4.69, 9.17) is 14.2 Å². The SMILES string of the molecule is COc1ccc2cccc(OCC3CCCN3c3ncnc4c3ncn4CCC3CCOC3=O)c2c1. The van der Waals surface area contributed by atoms with E-state index in [9.17, 15) is 4.79 Å². The summed E-state index contributed by atoms with van der Waals surface area (Å²) in [5.74, 6) is 2.35. The molecule has 2 aromatic carbocycles. The second kappa shape index (κ2) is 9.64. The molecular weight excluding hydrogens is 458 g/mol. The van der Waals surface area contributed by atoms with Crippen LogP contribution in [0.4, 0.5) is 5.82 Å². The normalized spacial score (nSPS) is 19.8. The van der Waals surface area contributed by atoms with Gasteiger partial charge in [-0.3, -0.25) is 4.79 Å². The minimum Gasteiger partial charge on any atom is -0.497 e. The lowest BCUT2D eigenvalue weighted by molar-refractivity contribution is -0.141. The first-order valence-corrected chi connectivity index (χ1v) is 12.5. The Bertz CT molecular complexity index is 1400. The minimum atomic E-state index is -0.0979. The van der Waals surface area contributed by atoms with E-state index in [1.165, 1.54) is 0 Å². The molecule has 0 aliphatic carbocycles. The number of hydrogen-bond donors (Lipinski definition) is 0. The van der Waals surface area contributed by atoms with Gasteiger partial charge >= 0.3 is 5.97 Å². The van der Waals surface area contributed by atoms with E-state index in [1.807, 2.05) is 34.9 Å². The van der Waals surface area contributed by atoms with Gasteiger partial charge < -0.3 is 23.7 Å². The Morgan fingerprint density at radius 1 is 1.14 bits per heavy atom. The van der Waals surface area contributed by atoms with Crippen molar-refractivity contribution >= 4 is 33.7 Å². The van der Waals surface area contributed by atoms with Gasteiger partial charge in [-0.05, 0) is 49.3 Å². The molecule has 0 saturated carbocycles. The van der Waals surface area contributed by atoms with Gasteiger partial charge in [0.2, 0.25) is 0 Å². The van der Waals surface area contributed by atoms with E-state index in [0.29, 0.717) is 19.8 Å². The van der Waals surface area contributed by atoms with E-state index >= 15 is 0 Å². The summed E-state index contributed by atoms with van der Waals surface area (Å²) in [6.45, 7) is 2.63. The van der Waals surface area contributed by atoms with Crippen molar-refractivity contribution in [2.75, 3.05) is 31.8 Å². The number of fused-ring (bicyclic) bond motifs is 2.